The molecule has 0 bridgehead atoms. The molecule has 0 aliphatic heterocycles. The minimum absolute atomic E-state index is 0.116. The zero-order valence-electron chi connectivity index (χ0n) is 16.7. The van der Waals surface area contributed by atoms with E-state index in [0.717, 1.165) is 22.4 Å². The van der Waals surface area contributed by atoms with Gasteiger partial charge in [0.25, 0.3) is 0 Å². The van der Waals surface area contributed by atoms with Crippen LogP contribution in [0.15, 0.2) is 48.5 Å². The first kappa shape index (κ1) is 20.9. The second-order valence-corrected chi connectivity index (χ2v) is 7.87. The van der Waals surface area contributed by atoms with Gasteiger partial charge in [-0.15, -0.1) is 0 Å². The molecule has 1 unspecified atom stereocenters. The SMILES string of the molecule is CC(=O)NC(CC(=O)N[C@H](c1nc2ccccc2[nH]1)C(C)C)c1ccc(Cl)cc1. The molecule has 29 heavy (non-hydrogen) atoms. The first-order valence-corrected chi connectivity index (χ1v) is 9.98. The van der Waals surface area contributed by atoms with Gasteiger partial charge in [0.2, 0.25) is 11.8 Å². The number of para-hydroxylation sites is 2. The van der Waals surface area contributed by atoms with Gasteiger partial charge in [-0.1, -0.05) is 49.7 Å². The molecular formula is C22H25ClN4O2. The Labute approximate surface area is 175 Å². The lowest BCUT2D eigenvalue weighted by Crippen LogP contribution is -2.36. The number of amides is 2. The summed E-state index contributed by atoms with van der Waals surface area (Å²) in [5.41, 5.74) is 2.61. The van der Waals surface area contributed by atoms with Crippen LogP contribution in [0, 0.1) is 5.92 Å². The van der Waals surface area contributed by atoms with Gasteiger partial charge in [-0.05, 0) is 35.7 Å². The van der Waals surface area contributed by atoms with E-state index in [1.54, 1.807) is 12.1 Å². The molecule has 0 saturated heterocycles. The van der Waals surface area contributed by atoms with Crippen LogP contribution in [-0.2, 0) is 9.59 Å². The second-order valence-electron chi connectivity index (χ2n) is 7.44. The lowest BCUT2D eigenvalue weighted by molar-refractivity contribution is -0.123. The van der Waals surface area contributed by atoms with E-state index in [9.17, 15) is 9.59 Å². The third kappa shape index (κ3) is 5.35. The van der Waals surface area contributed by atoms with Crippen LogP contribution in [0.1, 0.15) is 50.7 Å². The van der Waals surface area contributed by atoms with E-state index >= 15 is 0 Å². The maximum atomic E-state index is 12.8. The summed E-state index contributed by atoms with van der Waals surface area (Å²) in [6, 6.07) is 14.2. The summed E-state index contributed by atoms with van der Waals surface area (Å²) in [7, 11) is 0. The lowest BCUT2D eigenvalue weighted by Gasteiger charge is -2.23. The van der Waals surface area contributed by atoms with Crippen LogP contribution in [0.2, 0.25) is 5.02 Å². The van der Waals surface area contributed by atoms with E-state index in [0.29, 0.717) is 5.02 Å². The van der Waals surface area contributed by atoms with Gasteiger partial charge in [0.1, 0.15) is 5.82 Å². The first-order chi connectivity index (χ1) is 13.8. The average molecular weight is 413 g/mol. The Hall–Kier alpha value is -2.86. The van der Waals surface area contributed by atoms with Crippen LogP contribution in [0.3, 0.4) is 0 Å². The number of nitrogens with one attached hydrogen (secondary N) is 3. The van der Waals surface area contributed by atoms with Gasteiger partial charge in [-0.25, -0.2) is 4.98 Å². The summed E-state index contributed by atoms with van der Waals surface area (Å²) in [6.07, 6.45) is 0.116. The number of aromatic nitrogens is 2. The highest BCUT2D eigenvalue weighted by Crippen LogP contribution is 2.24. The fourth-order valence-corrected chi connectivity index (χ4v) is 3.41. The van der Waals surface area contributed by atoms with E-state index in [1.165, 1.54) is 6.92 Å². The molecule has 1 aromatic heterocycles. The van der Waals surface area contributed by atoms with Crippen molar-refractivity contribution in [3.8, 4) is 0 Å². The lowest BCUT2D eigenvalue weighted by atomic mass is 10.0. The molecule has 3 aromatic rings. The molecule has 6 nitrogen and oxygen atoms in total. The predicted molar refractivity (Wildman–Crippen MR) is 114 cm³/mol. The normalized spacial score (nSPS) is 13.3. The highest BCUT2D eigenvalue weighted by atomic mass is 35.5. The van der Waals surface area contributed by atoms with Crippen molar-refractivity contribution in [3.05, 3.63) is 64.9 Å². The van der Waals surface area contributed by atoms with Gasteiger partial charge in [-0.2, -0.15) is 0 Å². The minimum atomic E-state index is -0.437. The molecule has 2 atom stereocenters. The number of benzene rings is 2. The largest absolute Gasteiger partial charge is 0.349 e. The maximum absolute atomic E-state index is 12.8. The van der Waals surface area contributed by atoms with E-state index < -0.39 is 6.04 Å². The molecule has 152 valence electrons. The molecule has 0 spiro atoms. The number of aromatic amines is 1. The molecule has 3 N–H and O–H groups in total. The van der Waals surface area contributed by atoms with Crippen molar-refractivity contribution in [2.24, 2.45) is 5.92 Å². The topological polar surface area (TPSA) is 86.9 Å². The number of hydrogen-bond donors (Lipinski definition) is 3. The number of halogens is 1. The standard InChI is InChI=1S/C22H25ClN4O2/c1-13(2)21(22-25-17-6-4-5-7-18(17)26-22)27-20(29)12-19(24-14(3)28)15-8-10-16(23)11-9-15/h4-11,13,19,21H,12H2,1-3H3,(H,24,28)(H,25,26)(H,27,29)/t19?,21-/m0/s1. The van der Waals surface area contributed by atoms with E-state index in [-0.39, 0.29) is 30.2 Å². The van der Waals surface area contributed by atoms with Gasteiger partial charge in [0.15, 0.2) is 0 Å². The van der Waals surface area contributed by atoms with Crippen LogP contribution in [0.25, 0.3) is 11.0 Å². The monoisotopic (exact) mass is 412 g/mol. The van der Waals surface area contributed by atoms with Crippen LogP contribution >= 0.6 is 11.6 Å². The quantitative estimate of drug-likeness (QED) is 0.540. The summed E-state index contributed by atoms with van der Waals surface area (Å²) in [6.45, 7) is 5.50. The highest BCUT2D eigenvalue weighted by molar-refractivity contribution is 6.30. The van der Waals surface area contributed by atoms with Crippen molar-refractivity contribution in [2.45, 2.75) is 39.3 Å². The van der Waals surface area contributed by atoms with Crippen molar-refractivity contribution >= 4 is 34.4 Å². The number of nitrogens with zero attached hydrogens (tertiary/aromatic N) is 1. The van der Waals surface area contributed by atoms with Gasteiger partial charge >= 0.3 is 0 Å². The van der Waals surface area contributed by atoms with E-state index in [1.807, 2.05) is 50.2 Å². The van der Waals surface area contributed by atoms with Crippen LogP contribution in [0.4, 0.5) is 0 Å². The van der Waals surface area contributed by atoms with E-state index in [4.69, 9.17) is 11.6 Å². The Bertz CT molecular complexity index is 964. The second kappa shape index (κ2) is 9.09. The van der Waals surface area contributed by atoms with Crippen molar-refractivity contribution in [1.29, 1.82) is 0 Å². The average Bonchev–Trinajstić information content (AvgIpc) is 3.09. The third-order valence-corrected chi connectivity index (χ3v) is 4.98. The summed E-state index contributed by atoms with van der Waals surface area (Å²) in [4.78, 5) is 32.4. The van der Waals surface area contributed by atoms with Gasteiger partial charge < -0.3 is 15.6 Å². The van der Waals surface area contributed by atoms with Crippen molar-refractivity contribution in [2.75, 3.05) is 0 Å². The molecular weight excluding hydrogens is 388 g/mol. The Morgan fingerprint density at radius 3 is 2.38 bits per heavy atom. The predicted octanol–water partition coefficient (Wildman–Crippen LogP) is 4.30. The summed E-state index contributed by atoms with van der Waals surface area (Å²) in [5, 5.41) is 6.51. The molecule has 0 aliphatic carbocycles. The Morgan fingerprint density at radius 1 is 1.07 bits per heavy atom. The summed E-state index contributed by atoms with van der Waals surface area (Å²) in [5.74, 6) is 0.486. The molecule has 2 amide bonds. The maximum Gasteiger partial charge on any atom is 0.223 e. The van der Waals surface area contributed by atoms with Crippen LogP contribution in [-0.4, -0.2) is 21.8 Å². The third-order valence-electron chi connectivity index (χ3n) is 4.72. The zero-order valence-corrected chi connectivity index (χ0v) is 17.5. The van der Waals surface area contributed by atoms with Crippen molar-refractivity contribution < 1.29 is 9.59 Å². The number of rotatable bonds is 7. The first-order valence-electron chi connectivity index (χ1n) is 9.60. The summed E-state index contributed by atoms with van der Waals surface area (Å²) >= 11 is 5.96. The molecule has 7 heteroatoms. The fourth-order valence-electron chi connectivity index (χ4n) is 3.28. The highest BCUT2D eigenvalue weighted by Gasteiger charge is 2.24. The number of fused-ring (bicyclic) bond motifs is 1. The Balaban J connectivity index is 1.77. The molecule has 0 aliphatic rings. The fraction of sp³-hybridized carbons (Fsp3) is 0.318. The number of imidazole rings is 1. The molecule has 0 radical (unpaired) electrons. The van der Waals surface area contributed by atoms with Crippen molar-refractivity contribution in [3.63, 3.8) is 0 Å². The van der Waals surface area contributed by atoms with Crippen molar-refractivity contribution in [1.82, 2.24) is 20.6 Å². The van der Waals surface area contributed by atoms with Crippen LogP contribution < -0.4 is 10.6 Å². The number of H-pyrrole nitrogens is 1. The molecule has 0 saturated carbocycles. The van der Waals surface area contributed by atoms with Gasteiger partial charge in [0, 0.05) is 11.9 Å². The van der Waals surface area contributed by atoms with E-state index in [2.05, 4.69) is 20.6 Å². The number of hydrogen-bond acceptors (Lipinski definition) is 3. The van der Waals surface area contributed by atoms with Crippen LogP contribution in [0.5, 0.6) is 0 Å². The molecule has 0 fully saturated rings. The zero-order chi connectivity index (χ0) is 21.0. The Morgan fingerprint density at radius 2 is 1.76 bits per heavy atom. The molecule has 3 rings (SSSR count). The smallest absolute Gasteiger partial charge is 0.223 e. The number of carbonyl (C=O) groups excluding carboxylic acids is 2. The Kier molecular flexibility index (Phi) is 6.54. The minimum Gasteiger partial charge on any atom is -0.349 e. The molecule has 1 heterocycles. The van der Waals surface area contributed by atoms with Gasteiger partial charge in [0.05, 0.1) is 29.5 Å². The summed E-state index contributed by atoms with van der Waals surface area (Å²) < 4.78 is 0. The molecule has 2 aromatic carbocycles. The number of carbonyl (C=O) groups is 2. The van der Waals surface area contributed by atoms with Gasteiger partial charge in [-0.3, -0.25) is 9.59 Å².